The van der Waals surface area contributed by atoms with Crippen LogP contribution in [0, 0.1) is 5.92 Å². The molecule has 1 aromatic carbocycles. The number of esters is 1. The van der Waals surface area contributed by atoms with Crippen LogP contribution in [0.2, 0.25) is 0 Å². The lowest BCUT2D eigenvalue weighted by Gasteiger charge is -2.13. The normalized spacial score (nSPS) is 13.3. The Morgan fingerprint density at radius 3 is 2.50 bits per heavy atom. The van der Waals surface area contributed by atoms with E-state index in [9.17, 15) is 18.0 Å². The summed E-state index contributed by atoms with van der Waals surface area (Å²) in [5.74, 6) is -3.78. The minimum Gasteiger partial charge on any atom is -0.468 e. The molecule has 7 heteroatoms. The van der Waals surface area contributed by atoms with Crippen molar-refractivity contribution < 1.29 is 22.7 Å². The van der Waals surface area contributed by atoms with E-state index in [1.54, 1.807) is 30.3 Å². The van der Waals surface area contributed by atoms with Gasteiger partial charge >= 0.3 is 12.1 Å². The van der Waals surface area contributed by atoms with Crippen LogP contribution in [0.1, 0.15) is 0 Å². The molecule has 0 heterocycles. The minimum absolute atomic E-state index is 0.471. The topological polar surface area (TPSA) is 50.7 Å². The molecule has 0 amide bonds. The number of halogens is 3. The number of alkyl halides is 3. The van der Waals surface area contributed by atoms with E-state index >= 15 is 0 Å². The van der Waals surface area contributed by atoms with Crippen molar-refractivity contribution in [3.05, 3.63) is 30.3 Å². The summed E-state index contributed by atoms with van der Waals surface area (Å²) < 4.78 is 41.5. The van der Waals surface area contributed by atoms with Gasteiger partial charge in [-0.25, -0.2) is 0 Å². The summed E-state index contributed by atoms with van der Waals surface area (Å²) in [6, 6.07) is 8.39. The average Bonchev–Trinajstić information content (AvgIpc) is 2.33. The second kappa shape index (κ2) is 6.04. The van der Waals surface area contributed by atoms with Gasteiger partial charge in [0, 0.05) is 6.21 Å². The number of para-hydroxylation sites is 1. The van der Waals surface area contributed by atoms with E-state index in [-0.39, 0.29) is 0 Å². The maximum Gasteiger partial charge on any atom is 0.407 e. The van der Waals surface area contributed by atoms with E-state index in [2.05, 4.69) is 15.3 Å². The highest BCUT2D eigenvalue weighted by molar-refractivity contribution is 5.91. The van der Waals surface area contributed by atoms with Crippen molar-refractivity contribution in [1.29, 1.82) is 0 Å². The summed E-state index contributed by atoms with van der Waals surface area (Å²) in [6.07, 6.45) is -4.26. The lowest BCUT2D eigenvalue weighted by molar-refractivity contribution is -0.181. The van der Waals surface area contributed by atoms with Crippen molar-refractivity contribution in [3.8, 4) is 0 Å². The Morgan fingerprint density at radius 1 is 1.39 bits per heavy atom. The Morgan fingerprint density at radius 2 is 2.00 bits per heavy atom. The number of benzene rings is 1. The summed E-state index contributed by atoms with van der Waals surface area (Å²) in [7, 11) is 0.888. The number of nitrogens with zero attached hydrogens (tertiary/aromatic N) is 1. The molecule has 0 aromatic heterocycles. The van der Waals surface area contributed by atoms with Gasteiger partial charge in [0.05, 0.1) is 12.8 Å². The predicted octanol–water partition coefficient (Wildman–Crippen LogP) is 2.44. The summed E-state index contributed by atoms with van der Waals surface area (Å²) in [4.78, 5) is 10.9. The van der Waals surface area contributed by atoms with Crippen molar-refractivity contribution in [2.24, 2.45) is 11.0 Å². The molecule has 1 unspecified atom stereocenters. The highest BCUT2D eigenvalue weighted by atomic mass is 19.4. The van der Waals surface area contributed by atoms with Gasteiger partial charge in [-0.2, -0.15) is 18.3 Å². The standard InChI is InChI=1S/C11H11F3N2O2/c1-18-10(17)9(11(12,13)14)7-15-16-8-5-3-2-4-6-8/h2-7,9,16H,1H3/b15-7+. The first-order chi connectivity index (χ1) is 8.45. The van der Waals surface area contributed by atoms with Crippen LogP contribution in [0.4, 0.5) is 18.9 Å². The zero-order valence-corrected chi connectivity index (χ0v) is 9.44. The van der Waals surface area contributed by atoms with Gasteiger partial charge in [-0.3, -0.25) is 10.2 Å². The van der Waals surface area contributed by atoms with E-state index in [0.717, 1.165) is 7.11 Å². The summed E-state index contributed by atoms with van der Waals surface area (Å²) in [5.41, 5.74) is 2.90. The fraction of sp³-hybridized carbons (Fsp3) is 0.273. The number of ether oxygens (including phenoxy) is 1. The first kappa shape index (κ1) is 14.0. The van der Waals surface area contributed by atoms with Gasteiger partial charge in [0.25, 0.3) is 0 Å². The SMILES string of the molecule is COC(=O)C(/C=N/Nc1ccccc1)C(F)(F)F. The summed E-state index contributed by atoms with van der Waals surface area (Å²) in [6.45, 7) is 0. The quantitative estimate of drug-likeness (QED) is 0.514. The third kappa shape index (κ3) is 4.08. The fourth-order valence-electron chi connectivity index (χ4n) is 1.10. The largest absolute Gasteiger partial charge is 0.468 e. The zero-order chi connectivity index (χ0) is 13.6. The molecule has 4 nitrogen and oxygen atoms in total. The van der Waals surface area contributed by atoms with Gasteiger partial charge in [0.2, 0.25) is 0 Å². The predicted molar refractivity (Wildman–Crippen MR) is 60.1 cm³/mol. The number of carbonyl (C=O) groups excluding carboxylic acids is 1. The zero-order valence-electron chi connectivity index (χ0n) is 9.44. The molecule has 18 heavy (non-hydrogen) atoms. The molecular weight excluding hydrogens is 249 g/mol. The smallest absolute Gasteiger partial charge is 0.407 e. The van der Waals surface area contributed by atoms with Gasteiger partial charge in [-0.1, -0.05) is 18.2 Å². The van der Waals surface area contributed by atoms with Crippen molar-refractivity contribution >= 4 is 17.9 Å². The second-order valence-electron chi connectivity index (χ2n) is 3.30. The van der Waals surface area contributed by atoms with Crippen molar-refractivity contribution in [3.63, 3.8) is 0 Å². The van der Waals surface area contributed by atoms with E-state index in [1.807, 2.05) is 0 Å². The number of rotatable bonds is 4. The average molecular weight is 260 g/mol. The molecule has 0 radical (unpaired) electrons. The van der Waals surface area contributed by atoms with Crippen LogP contribution in [0.5, 0.6) is 0 Å². The lowest BCUT2D eigenvalue weighted by Crippen LogP contribution is -2.33. The van der Waals surface area contributed by atoms with E-state index in [4.69, 9.17) is 0 Å². The maximum absolute atomic E-state index is 12.5. The molecule has 0 saturated heterocycles. The Labute approximate surface area is 101 Å². The number of hydrazone groups is 1. The monoisotopic (exact) mass is 260 g/mol. The second-order valence-corrected chi connectivity index (χ2v) is 3.30. The number of carbonyl (C=O) groups is 1. The Bertz CT molecular complexity index is 418. The van der Waals surface area contributed by atoms with Crippen LogP contribution in [-0.2, 0) is 9.53 Å². The van der Waals surface area contributed by atoms with Crippen LogP contribution in [0.25, 0.3) is 0 Å². The van der Waals surface area contributed by atoms with Crippen molar-refractivity contribution in [2.75, 3.05) is 12.5 Å². The molecule has 1 aromatic rings. The van der Waals surface area contributed by atoms with Crippen LogP contribution in [-0.4, -0.2) is 25.5 Å². The van der Waals surface area contributed by atoms with Gasteiger partial charge in [-0.05, 0) is 12.1 Å². The van der Waals surface area contributed by atoms with E-state index in [0.29, 0.717) is 11.9 Å². The van der Waals surface area contributed by atoms with Crippen LogP contribution in [0.3, 0.4) is 0 Å². The van der Waals surface area contributed by atoms with Crippen LogP contribution >= 0.6 is 0 Å². The minimum atomic E-state index is -4.73. The van der Waals surface area contributed by atoms with E-state index in [1.165, 1.54) is 0 Å². The molecule has 0 saturated carbocycles. The van der Waals surface area contributed by atoms with Crippen molar-refractivity contribution in [2.45, 2.75) is 6.18 Å². The molecule has 0 aliphatic heterocycles. The molecule has 0 bridgehead atoms. The van der Waals surface area contributed by atoms with Gasteiger partial charge in [0.1, 0.15) is 0 Å². The Kier molecular flexibility index (Phi) is 4.70. The van der Waals surface area contributed by atoms with E-state index < -0.39 is 18.1 Å². The highest BCUT2D eigenvalue weighted by Gasteiger charge is 2.44. The molecule has 0 aliphatic carbocycles. The number of methoxy groups -OCH3 is 1. The van der Waals surface area contributed by atoms with Crippen LogP contribution < -0.4 is 5.43 Å². The van der Waals surface area contributed by atoms with Gasteiger partial charge in [-0.15, -0.1) is 0 Å². The van der Waals surface area contributed by atoms with Gasteiger partial charge in [0.15, 0.2) is 5.92 Å². The number of hydrogen-bond acceptors (Lipinski definition) is 4. The molecule has 1 N–H and O–H groups in total. The summed E-state index contributed by atoms with van der Waals surface area (Å²) in [5, 5.41) is 3.38. The first-order valence-electron chi connectivity index (χ1n) is 4.94. The molecule has 1 rings (SSSR count). The molecule has 1 atom stereocenters. The third-order valence-electron chi connectivity index (χ3n) is 2.00. The Balaban J connectivity index is 2.70. The first-order valence-corrected chi connectivity index (χ1v) is 4.94. The maximum atomic E-state index is 12.5. The number of nitrogens with one attached hydrogen (secondary N) is 1. The fourth-order valence-corrected chi connectivity index (χ4v) is 1.10. The Hall–Kier alpha value is -2.05. The lowest BCUT2D eigenvalue weighted by atomic mass is 10.1. The van der Waals surface area contributed by atoms with Gasteiger partial charge < -0.3 is 4.74 Å². The molecule has 0 fully saturated rings. The molecular formula is C11H11F3N2O2. The van der Waals surface area contributed by atoms with Crippen molar-refractivity contribution in [1.82, 2.24) is 0 Å². The van der Waals surface area contributed by atoms with Crippen LogP contribution in [0.15, 0.2) is 35.4 Å². The molecule has 98 valence electrons. The summed E-state index contributed by atoms with van der Waals surface area (Å²) >= 11 is 0. The molecule has 0 aliphatic rings. The number of hydrogen-bond donors (Lipinski definition) is 1. The third-order valence-corrected chi connectivity index (χ3v) is 2.00. The highest BCUT2D eigenvalue weighted by Crippen LogP contribution is 2.25. The number of anilines is 1. The molecule has 0 spiro atoms.